The van der Waals surface area contributed by atoms with Gasteiger partial charge in [-0.15, -0.1) is 0 Å². The minimum absolute atomic E-state index is 0.0183. The third kappa shape index (κ3) is 3.69. The van der Waals surface area contributed by atoms with Gasteiger partial charge in [0.2, 0.25) is 0 Å². The minimum atomic E-state index is -4.47. The van der Waals surface area contributed by atoms with Crippen LogP contribution in [0.25, 0.3) is 0 Å². The Morgan fingerprint density at radius 2 is 2.06 bits per heavy atom. The Hall–Kier alpha value is -1.63. The van der Waals surface area contributed by atoms with Crippen LogP contribution in [0.3, 0.4) is 0 Å². The molecule has 0 aliphatic heterocycles. The first-order valence-electron chi connectivity index (χ1n) is 4.93. The van der Waals surface area contributed by atoms with E-state index in [0.717, 1.165) is 17.0 Å². The van der Waals surface area contributed by atoms with E-state index >= 15 is 0 Å². The second-order valence-corrected chi connectivity index (χ2v) is 4.23. The van der Waals surface area contributed by atoms with E-state index in [1.165, 1.54) is 19.2 Å². The second-order valence-electron chi connectivity index (χ2n) is 3.71. The van der Waals surface area contributed by atoms with Crippen LogP contribution in [0.2, 0.25) is 0 Å². The maximum Gasteiger partial charge on any atom is 0.416 e. The van der Waals surface area contributed by atoms with Gasteiger partial charge < -0.3 is 10.6 Å². The average Bonchev–Trinajstić information content (AvgIpc) is 2.26. The van der Waals surface area contributed by atoms with E-state index in [4.69, 9.17) is 5.73 Å². The fraction of sp³-hybridized carbons (Fsp3) is 0.273. The van der Waals surface area contributed by atoms with Crippen molar-refractivity contribution in [3.8, 4) is 0 Å². The van der Waals surface area contributed by atoms with Crippen molar-refractivity contribution in [3.63, 3.8) is 0 Å². The van der Waals surface area contributed by atoms with Gasteiger partial charge in [0.05, 0.1) is 17.1 Å². The van der Waals surface area contributed by atoms with Crippen LogP contribution in [0.1, 0.15) is 15.9 Å². The van der Waals surface area contributed by atoms with Gasteiger partial charge in [-0.05, 0) is 18.2 Å². The number of hydrogen-bond donors (Lipinski definition) is 1. The molecule has 1 aromatic carbocycles. The average molecular weight is 276 g/mol. The van der Waals surface area contributed by atoms with Crippen molar-refractivity contribution in [2.24, 2.45) is 5.73 Å². The number of likely N-dealkylation sites (N-methyl/N-ethyl adjacent to an activating group) is 1. The molecule has 0 aliphatic rings. The molecule has 1 aromatic rings. The van der Waals surface area contributed by atoms with Crippen molar-refractivity contribution < 1.29 is 18.0 Å². The first-order valence-corrected chi connectivity index (χ1v) is 5.33. The van der Waals surface area contributed by atoms with Gasteiger partial charge in [-0.25, -0.2) is 0 Å². The number of carbonyl (C=O) groups is 1. The Kier molecular flexibility index (Phi) is 4.28. The number of alkyl halides is 3. The molecule has 0 atom stereocenters. The van der Waals surface area contributed by atoms with Gasteiger partial charge in [-0.3, -0.25) is 4.79 Å². The summed E-state index contributed by atoms with van der Waals surface area (Å²) in [6, 6.07) is 4.21. The Morgan fingerprint density at radius 3 is 2.56 bits per heavy atom. The molecule has 0 spiro atoms. The highest BCUT2D eigenvalue weighted by molar-refractivity contribution is 7.80. The summed E-state index contributed by atoms with van der Waals surface area (Å²) in [6.45, 7) is 0.0183. The summed E-state index contributed by atoms with van der Waals surface area (Å²) in [5.41, 5.74) is 4.35. The molecular formula is C11H11F3N2OS. The molecule has 0 heterocycles. The largest absolute Gasteiger partial charge is 0.416 e. The Morgan fingerprint density at radius 1 is 1.44 bits per heavy atom. The third-order valence-corrected chi connectivity index (χ3v) is 2.31. The highest BCUT2D eigenvalue weighted by Crippen LogP contribution is 2.29. The van der Waals surface area contributed by atoms with E-state index in [9.17, 15) is 18.0 Å². The van der Waals surface area contributed by atoms with E-state index in [1.807, 2.05) is 0 Å². The van der Waals surface area contributed by atoms with Crippen molar-refractivity contribution in [1.29, 1.82) is 0 Å². The molecule has 1 amide bonds. The predicted octanol–water partition coefficient (Wildman–Crippen LogP) is 2.06. The monoisotopic (exact) mass is 276 g/mol. The van der Waals surface area contributed by atoms with Gasteiger partial charge in [-0.1, -0.05) is 18.3 Å². The van der Waals surface area contributed by atoms with E-state index in [2.05, 4.69) is 12.2 Å². The minimum Gasteiger partial charge on any atom is -0.392 e. The number of amides is 1. The molecule has 0 bridgehead atoms. The van der Waals surface area contributed by atoms with Crippen LogP contribution in [0.4, 0.5) is 13.2 Å². The van der Waals surface area contributed by atoms with Gasteiger partial charge in [0, 0.05) is 12.6 Å². The molecule has 98 valence electrons. The van der Waals surface area contributed by atoms with Crippen molar-refractivity contribution in [3.05, 3.63) is 35.4 Å². The summed E-state index contributed by atoms with van der Waals surface area (Å²) in [6.07, 6.45) is -4.47. The van der Waals surface area contributed by atoms with Crippen molar-refractivity contribution in [2.75, 3.05) is 13.6 Å². The third-order valence-electron chi connectivity index (χ3n) is 2.18. The van der Waals surface area contributed by atoms with Gasteiger partial charge in [0.15, 0.2) is 0 Å². The zero-order valence-corrected chi connectivity index (χ0v) is 10.3. The molecule has 3 nitrogen and oxygen atoms in total. The van der Waals surface area contributed by atoms with Crippen LogP contribution in [-0.4, -0.2) is 29.4 Å². The number of hydrogen-bond acceptors (Lipinski definition) is 2. The van der Waals surface area contributed by atoms with E-state index < -0.39 is 17.6 Å². The smallest absolute Gasteiger partial charge is 0.392 e. The summed E-state index contributed by atoms with van der Waals surface area (Å²) in [5.74, 6) is -0.561. The van der Waals surface area contributed by atoms with Gasteiger partial charge in [0.25, 0.3) is 5.91 Å². The Balaban J connectivity index is 2.97. The van der Waals surface area contributed by atoms with E-state index in [0.29, 0.717) is 0 Å². The van der Waals surface area contributed by atoms with Crippen LogP contribution >= 0.6 is 12.2 Å². The first kappa shape index (κ1) is 14.4. The zero-order valence-electron chi connectivity index (χ0n) is 9.49. The normalized spacial score (nSPS) is 11.1. The number of rotatable bonds is 3. The Bertz CT molecular complexity index is 474. The number of nitrogens with two attached hydrogens (primary N) is 1. The quantitative estimate of drug-likeness (QED) is 0.860. The van der Waals surface area contributed by atoms with E-state index in [1.54, 1.807) is 0 Å². The van der Waals surface area contributed by atoms with Crippen LogP contribution < -0.4 is 5.73 Å². The van der Waals surface area contributed by atoms with Gasteiger partial charge >= 0.3 is 6.18 Å². The molecule has 0 saturated heterocycles. The highest BCUT2D eigenvalue weighted by atomic mass is 32.1. The second kappa shape index (κ2) is 5.34. The fourth-order valence-electron chi connectivity index (χ4n) is 1.35. The summed E-state index contributed by atoms with van der Waals surface area (Å²) >= 11 is 4.63. The van der Waals surface area contributed by atoms with E-state index in [-0.39, 0.29) is 17.1 Å². The first-order chi connectivity index (χ1) is 8.21. The number of benzene rings is 1. The molecule has 7 heteroatoms. The molecule has 0 fully saturated rings. The van der Waals surface area contributed by atoms with Crippen LogP contribution in [0, 0.1) is 0 Å². The molecular weight excluding hydrogens is 265 g/mol. The lowest BCUT2D eigenvalue weighted by Gasteiger charge is -2.17. The maximum atomic E-state index is 12.5. The van der Waals surface area contributed by atoms with Crippen LogP contribution in [0.5, 0.6) is 0 Å². The lowest BCUT2D eigenvalue weighted by atomic mass is 10.1. The van der Waals surface area contributed by atoms with Crippen molar-refractivity contribution in [1.82, 2.24) is 4.90 Å². The lowest BCUT2D eigenvalue weighted by Crippen LogP contribution is -2.34. The number of thiocarbonyl (C=S) groups is 1. The Labute approximate surface area is 107 Å². The van der Waals surface area contributed by atoms with Gasteiger partial charge in [0.1, 0.15) is 0 Å². The molecule has 0 radical (unpaired) electrons. The molecule has 0 aliphatic carbocycles. The highest BCUT2D eigenvalue weighted by Gasteiger charge is 2.31. The molecule has 18 heavy (non-hydrogen) atoms. The van der Waals surface area contributed by atoms with Crippen molar-refractivity contribution in [2.45, 2.75) is 6.18 Å². The number of nitrogens with zero attached hydrogens (tertiary/aromatic N) is 1. The standard InChI is InChI=1S/C11H11F3N2OS/c1-16(6-9(15)18)10(17)7-3-2-4-8(5-7)11(12,13)14/h2-5H,6H2,1H3,(H2,15,18). The van der Waals surface area contributed by atoms with Crippen molar-refractivity contribution >= 4 is 23.1 Å². The maximum absolute atomic E-state index is 12.5. The SMILES string of the molecule is CN(CC(N)=S)C(=O)c1cccc(C(F)(F)F)c1. The summed E-state index contributed by atoms with van der Waals surface area (Å²) < 4.78 is 37.4. The molecule has 0 saturated carbocycles. The van der Waals surface area contributed by atoms with Crippen LogP contribution in [-0.2, 0) is 6.18 Å². The molecule has 2 N–H and O–H groups in total. The molecule has 1 rings (SSSR count). The summed E-state index contributed by atoms with van der Waals surface area (Å²) in [5, 5.41) is 0. The van der Waals surface area contributed by atoms with Gasteiger partial charge in [-0.2, -0.15) is 13.2 Å². The zero-order chi connectivity index (χ0) is 13.9. The predicted molar refractivity (Wildman–Crippen MR) is 65.2 cm³/mol. The number of halogens is 3. The fourth-order valence-corrected chi connectivity index (χ4v) is 1.55. The molecule has 0 unspecified atom stereocenters. The summed E-state index contributed by atoms with van der Waals surface area (Å²) in [4.78, 5) is 13.1. The molecule has 0 aromatic heterocycles. The topological polar surface area (TPSA) is 46.3 Å². The number of carbonyl (C=O) groups excluding carboxylic acids is 1. The summed E-state index contributed by atoms with van der Waals surface area (Å²) in [7, 11) is 1.42. The lowest BCUT2D eigenvalue weighted by molar-refractivity contribution is -0.137. The van der Waals surface area contributed by atoms with Crippen LogP contribution in [0.15, 0.2) is 24.3 Å².